The van der Waals surface area contributed by atoms with Crippen LogP contribution in [0.5, 0.6) is 11.5 Å². The summed E-state index contributed by atoms with van der Waals surface area (Å²) < 4.78 is 12.6. The van der Waals surface area contributed by atoms with Crippen molar-refractivity contribution in [1.82, 2.24) is 25.6 Å². The summed E-state index contributed by atoms with van der Waals surface area (Å²) in [7, 11) is 3.10. The van der Waals surface area contributed by atoms with E-state index in [1.165, 1.54) is 0 Å². The van der Waals surface area contributed by atoms with E-state index in [2.05, 4.69) is 20.9 Å². The number of nitrogens with zero attached hydrogens (tertiary/aromatic N) is 3. The molecule has 1 aliphatic carbocycles. The average Bonchev–Trinajstić information content (AvgIpc) is 3.63. The fourth-order valence-corrected chi connectivity index (χ4v) is 5.29. The lowest BCUT2D eigenvalue weighted by Crippen LogP contribution is -2.45. The number of rotatable bonds is 9. The number of carbonyl (C=O) groups is 2. The number of fused-ring (bicyclic) bond motifs is 1. The molecule has 2 atom stereocenters. The van der Waals surface area contributed by atoms with Crippen LogP contribution >= 0.6 is 0 Å². The third-order valence-corrected chi connectivity index (χ3v) is 7.67. The second-order valence-corrected chi connectivity index (χ2v) is 10.3. The first-order chi connectivity index (χ1) is 19.4. The van der Waals surface area contributed by atoms with Crippen LogP contribution in [0, 0.1) is 13.8 Å². The predicted molar refractivity (Wildman–Crippen MR) is 152 cm³/mol. The molecule has 5 rings (SSSR count). The van der Waals surface area contributed by atoms with E-state index in [-0.39, 0.29) is 17.9 Å². The quantitative estimate of drug-likeness (QED) is 0.321. The van der Waals surface area contributed by atoms with Gasteiger partial charge in [0.05, 0.1) is 19.7 Å². The minimum absolute atomic E-state index is 0.0780. The van der Waals surface area contributed by atoms with Gasteiger partial charge in [0.15, 0.2) is 6.04 Å². The van der Waals surface area contributed by atoms with E-state index in [0.29, 0.717) is 22.6 Å². The summed E-state index contributed by atoms with van der Waals surface area (Å²) >= 11 is 0. The Morgan fingerprint density at radius 2 is 1.57 bits per heavy atom. The largest absolute Gasteiger partial charge is 0.497 e. The fourth-order valence-electron chi connectivity index (χ4n) is 5.29. The highest BCUT2D eigenvalue weighted by atomic mass is 16.5. The van der Waals surface area contributed by atoms with Gasteiger partial charge in [-0.1, -0.05) is 48.4 Å². The molecule has 1 saturated carbocycles. The highest BCUT2D eigenvalue weighted by Gasteiger charge is 2.32. The molecule has 2 amide bonds. The molecule has 1 aromatic heterocycles. The van der Waals surface area contributed by atoms with Crippen molar-refractivity contribution in [2.75, 3.05) is 14.2 Å². The number of aryl methyl sites for hydroxylation is 2. The Hall–Kier alpha value is -4.40. The van der Waals surface area contributed by atoms with E-state index >= 15 is 0 Å². The predicted octanol–water partition coefficient (Wildman–Crippen LogP) is 4.57. The van der Waals surface area contributed by atoms with Crippen LogP contribution in [0.15, 0.2) is 60.7 Å². The van der Waals surface area contributed by atoms with E-state index in [1.54, 1.807) is 37.1 Å². The summed E-state index contributed by atoms with van der Waals surface area (Å²) in [4.78, 5) is 28.0. The Morgan fingerprint density at radius 1 is 0.875 bits per heavy atom. The lowest BCUT2D eigenvalue weighted by Gasteiger charge is -2.25. The van der Waals surface area contributed by atoms with Crippen molar-refractivity contribution in [2.45, 2.75) is 57.7 Å². The van der Waals surface area contributed by atoms with Crippen molar-refractivity contribution < 1.29 is 19.1 Å². The van der Waals surface area contributed by atoms with Crippen LogP contribution in [-0.4, -0.2) is 47.1 Å². The Labute approximate surface area is 233 Å². The number of ether oxygens (including phenoxy) is 2. The van der Waals surface area contributed by atoms with Gasteiger partial charge < -0.3 is 20.1 Å². The second kappa shape index (κ2) is 11.8. The van der Waals surface area contributed by atoms with Crippen LogP contribution in [-0.2, 0) is 9.59 Å². The van der Waals surface area contributed by atoms with Crippen molar-refractivity contribution in [3.05, 3.63) is 82.9 Å². The van der Waals surface area contributed by atoms with E-state index in [1.807, 2.05) is 56.3 Å². The normalized spacial score (nSPS) is 15.0. The molecule has 3 aromatic carbocycles. The first-order valence-corrected chi connectivity index (χ1v) is 13.6. The number of aromatic nitrogens is 3. The second-order valence-electron chi connectivity index (χ2n) is 10.3. The molecule has 0 radical (unpaired) electrons. The summed E-state index contributed by atoms with van der Waals surface area (Å²) in [5.41, 5.74) is 4.86. The third kappa shape index (κ3) is 5.64. The van der Waals surface area contributed by atoms with Crippen LogP contribution in [0.25, 0.3) is 11.0 Å². The molecule has 4 aromatic rings. The van der Waals surface area contributed by atoms with Gasteiger partial charge in [-0.2, -0.15) is 0 Å². The third-order valence-electron chi connectivity index (χ3n) is 7.67. The molecule has 0 aliphatic heterocycles. The maximum Gasteiger partial charge on any atom is 0.250 e. The molecule has 0 unspecified atom stereocenters. The van der Waals surface area contributed by atoms with Gasteiger partial charge in [-0.05, 0) is 73.2 Å². The Bertz CT molecular complexity index is 1500. The highest BCUT2D eigenvalue weighted by molar-refractivity contribution is 5.92. The van der Waals surface area contributed by atoms with E-state index in [4.69, 9.17) is 9.47 Å². The van der Waals surface area contributed by atoms with Crippen molar-refractivity contribution >= 4 is 22.8 Å². The summed E-state index contributed by atoms with van der Waals surface area (Å²) in [6.07, 6.45) is 3.99. The van der Waals surface area contributed by atoms with Crippen LogP contribution in [0.2, 0.25) is 0 Å². The highest BCUT2D eigenvalue weighted by Crippen LogP contribution is 2.30. The minimum atomic E-state index is -0.985. The Morgan fingerprint density at radius 3 is 2.25 bits per heavy atom. The molecule has 40 heavy (non-hydrogen) atoms. The smallest absolute Gasteiger partial charge is 0.250 e. The van der Waals surface area contributed by atoms with Gasteiger partial charge in [0.2, 0.25) is 11.8 Å². The number of hydrogen-bond donors (Lipinski definition) is 2. The first-order valence-electron chi connectivity index (χ1n) is 13.6. The van der Waals surface area contributed by atoms with Crippen molar-refractivity contribution in [3.63, 3.8) is 0 Å². The van der Waals surface area contributed by atoms with E-state index in [0.717, 1.165) is 47.9 Å². The molecule has 0 bridgehead atoms. The number of amides is 2. The minimum Gasteiger partial charge on any atom is -0.497 e. The topological polar surface area (TPSA) is 107 Å². The fraction of sp³-hybridized carbons (Fsp3) is 0.355. The summed E-state index contributed by atoms with van der Waals surface area (Å²) in [5, 5.41) is 14.9. The van der Waals surface area contributed by atoms with E-state index in [9.17, 15) is 9.59 Å². The van der Waals surface area contributed by atoms with Gasteiger partial charge >= 0.3 is 0 Å². The van der Waals surface area contributed by atoms with Crippen molar-refractivity contribution in [2.24, 2.45) is 0 Å². The Kier molecular flexibility index (Phi) is 8.00. The standard InChI is InChI=1S/C31H35N5O4/c1-19-13-14-21(15-20(19)2)29(36-27-12-8-7-11-26(27)34-35-36)31(38)33-28(30(37)32-23-9-5-6-10-23)22-16-24(39-3)18-25(17-22)40-4/h7-8,11-18,23,28-29H,5-6,9-10H2,1-4H3,(H,32,37)(H,33,38)/t28-,29+/m1/s1. The lowest BCUT2D eigenvalue weighted by atomic mass is 9.99. The number of nitrogens with one attached hydrogen (secondary N) is 2. The summed E-state index contributed by atoms with van der Waals surface area (Å²) in [6, 6.07) is 16.9. The molecule has 0 saturated heterocycles. The zero-order valence-corrected chi connectivity index (χ0v) is 23.3. The van der Waals surface area contributed by atoms with Crippen molar-refractivity contribution in [3.8, 4) is 11.5 Å². The molecule has 1 aliphatic rings. The number of para-hydroxylation sites is 1. The summed E-state index contributed by atoms with van der Waals surface area (Å²) in [6.45, 7) is 4.03. The zero-order valence-electron chi connectivity index (χ0n) is 23.3. The number of methoxy groups -OCH3 is 2. The SMILES string of the molecule is COc1cc(OC)cc([C@@H](NC(=O)[C@H](c2ccc(C)c(C)c2)n2nnc3ccccc32)C(=O)NC2CCCC2)c1. The lowest BCUT2D eigenvalue weighted by molar-refractivity contribution is -0.130. The molecule has 1 fully saturated rings. The van der Waals surface area contributed by atoms with Crippen LogP contribution < -0.4 is 20.1 Å². The zero-order chi connectivity index (χ0) is 28.2. The van der Waals surface area contributed by atoms with Crippen LogP contribution in [0.4, 0.5) is 0 Å². The molecular formula is C31H35N5O4. The maximum absolute atomic E-state index is 14.3. The number of benzene rings is 3. The Balaban J connectivity index is 1.57. The molecule has 2 N–H and O–H groups in total. The number of carbonyl (C=O) groups excluding carboxylic acids is 2. The van der Waals surface area contributed by atoms with Gasteiger partial charge in [0.1, 0.15) is 23.1 Å². The summed E-state index contributed by atoms with van der Waals surface area (Å²) in [5.74, 6) is 0.385. The maximum atomic E-state index is 14.3. The van der Waals surface area contributed by atoms with Crippen LogP contribution in [0.3, 0.4) is 0 Å². The number of hydrogen-bond acceptors (Lipinski definition) is 6. The van der Waals surface area contributed by atoms with Gasteiger partial charge in [-0.25, -0.2) is 4.68 Å². The molecule has 9 nitrogen and oxygen atoms in total. The van der Waals surface area contributed by atoms with Crippen LogP contribution in [0.1, 0.15) is 60.0 Å². The van der Waals surface area contributed by atoms with Gasteiger partial charge in [0.25, 0.3) is 0 Å². The van der Waals surface area contributed by atoms with Gasteiger partial charge in [-0.3, -0.25) is 9.59 Å². The van der Waals surface area contributed by atoms with Gasteiger partial charge in [-0.15, -0.1) is 5.10 Å². The van der Waals surface area contributed by atoms with Gasteiger partial charge in [0, 0.05) is 12.1 Å². The first kappa shape index (κ1) is 27.2. The monoisotopic (exact) mass is 541 g/mol. The molecule has 9 heteroatoms. The van der Waals surface area contributed by atoms with Crippen molar-refractivity contribution in [1.29, 1.82) is 0 Å². The average molecular weight is 542 g/mol. The molecule has 0 spiro atoms. The molecule has 208 valence electrons. The molecule has 1 heterocycles. The molecular weight excluding hydrogens is 506 g/mol. The van der Waals surface area contributed by atoms with E-state index < -0.39 is 12.1 Å².